The largest absolute Gasteiger partial charge is 0.360 e. The lowest BCUT2D eigenvalue weighted by Gasteiger charge is -2.06. The molecule has 1 aromatic heterocycles. The van der Waals surface area contributed by atoms with E-state index in [1.165, 1.54) is 29.0 Å². The van der Waals surface area contributed by atoms with Crippen molar-refractivity contribution >= 4 is 28.3 Å². The van der Waals surface area contributed by atoms with E-state index in [0.29, 0.717) is 21.8 Å². The van der Waals surface area contributed by atoms with Gasteiger partial charge in [0.1, 0.15) is 16.6 Å². The van der Waals surface area contributed by atoms with E-state index in [-0.39, 0.29) is 5.69 Å². The first-order valence-electron chi connectivity index (χ1n) is 8.12. The second kappa shape index (κ2) is 7.81. The number of non-ortho nitro benzene ring substituents is 1. The van der Waals surface area contributed by atoms with Crippen molar-refractivity contribution in [2.24, 2.45) is 0 Å². The molecule has 134 valence electrons. The third-order valence-corrected chi connectivity index (χ3v) is 4.84. The van der Waals surface area contributed by atoms with E-state index in [4.69, 9.17) is 0 Å². The van der Waals surface area contributed by atoms with Gasteiger partial charge in [-0.05, 0) is 25.5 Å². The van der Waals surface area contributed by atoms with Gasteiger partial charge < -0.3 is 5.32 Å². The maximum atomic E-state index is 10.9. The average Bonchev–Trinajstić information content (AvgIpc) is 3.14. The van der Waals surface area contributed by atoms with Gasteiger partial charge in [-0.2, -0.15) is 5.26 Å². The summed E-state index contributed by atoms with van der Waals surface area (Å²) in [7, 11) is 0. The molecule has 3 rings (SSSR count). The highest BCUT2D eigenvalue weighted by Gasteiger charge is 2.12. The molecule has 2 aromatic carbocycles. The summed E-state index contributed by atoms with van der Waals surface area (Å²) in [5, 5.41) is 25.9. The Hall–Kier alpha value is -3.50. The van der Waals surface area contributed by atoms with Gasteiger partial charge in [-0.25, -0.2) is 4.98 Å². The zero-order chi connectivity index (χ0) is 19.4. The Kier molecular flexibility index (Phi) is 5.29. The van der Waals surface area contributed by atoms with Crippen molar-refractivity contribution < 1.29 is 4.92 Å². The monoisotopic (exact) mass is 376 g/mol. The van der Waals surface area contributed by atoms with E-state index in [2.05, 4.69) is 22.4 Å². The first-order valence-corrected chi connectivity index (χ1v) is 9.00. The summed E-state index contributed by atoms with van der Waals surface area (Å²) in [6, 6.07) is 14.5. The summed E-state index contributed by atoms with van der Waals surface area (Å²) in [6.45, 7) is 4.03. The number of rotatable bonds is 5. The summed E-state index contributed by atoms with van der Waals surface area (Å²) < 4.78 is 0. The van der Waals surface area contributed by atoms with Crippen molar-refractivity contribution in [3.63, 3.8) is 0 Å². The van der Waals surface area contributed by atoms with Gasteiger partial charge in [0.05, 0.1) is 10.6 Å². The molecular weight excluding hydrogens is 360 g/mol. The predicted octanol–water partition coefficient (Wildman–Crippen LogP) is 5.31. The van der Waals surface area contributed by atoms with Gasteiger partial charge in [-0.15, -0.1) is 11.3 Å². The number of nitriles is 1. The summed E-state index contributed by atoms with van der Waals surface area (Å²) in [5.74, 6) is 0. The number of allylic oxidation sites excluding steroid dienone is 1. The van der Waals surface area contributed by atoms with E-state index in [1.807, 2.05) is 26.0 Å². The Bertz CT molecular complexity index is 1080. The highest BCUT2D eigenvalue weighted by atomic mass is 32.1. The van der Waals surface area contributed by atoms with Crippen LogP contribution in [0.4, 0.5) is 11.4 Å². The molecule has 7 heteroatoms. The smallest absolute Gasteiger partial charge is 0.270 e. The van der Waals surface area contributed by atoms with Crippen molar-refractivity contribution in [3.8, 4) is 17.3 Å². The standard InChI is InChI=1S/C20H16N4O2S/c1-13-6-7-18(14(2)8-13)22-11-16(10-21)20-23-19(12-27-20)15-4-3-5-17(9-15)24(25)26/h3-9,11-12,22H,1-2H3/b16-11-. The fourth-order valence-electron chi connectivity index (χ4n) is 2.58. The highest BCUT2D eigenvalue weighted by Crippen LogP contribution is 2.28. The third kappa shape index (κ3) is 4.19. The number of aromatic nitrogens is 1. The molecule has 0 spiro atoms. The zero-order valence-electron chi connectivity index (χ0n) is 14.8. The number of aryl methyl sites for hydroxylation is 2. The van der Waals surface area contributed by atoms with Crippen molar-refractivity contribution in [1.29, 1.82) is 5.26 Å². The minimum absolute atomic E-state index is 0.00890. The summed E-state index contributed by atoms with van der Waals surface area (Å²) in [4.78, 5) is 15.0. The Morgan fingerprint density at radius 2 is 2.11 bits per heavy atom. The molecule has 0 saturated heterocycles. The van der Waals surface area contributed by atoms with E-state index in [1.54, 1.807) is 23.7 Å². The van der Waals surface area contributed by atoms with Crippen LogP contribution in [0.2, 0.25) is 0 Å². The Morgan fingerprint density at radius 3 is 2.81 bits per heavy atom. The Labute approximate surface area is 160 Å². The lowest BCUT2D eigenvalue weighted by atomic mass is 10.1. The molecule has 6 nitrogen and oxygen atoms in total. The van der Waals surface area contributed by atoms with Crippen LogP contribution < -0.4 is 5.32 Å². The summed E-state index contributed by atoms with van der Waals surface area (Å²) in [6.07, 6.45) is 1.63. The second-order valence-electron chi connectivity index (χ2n) is 5.98. The SMILES string of the molecule is Cc1ccc(N/C=C(/C#N)c2nc(-c3cccc([N+](=O)[O-])c3)cs2)c(C)c1. The van der Waals surface area contributed by atoms with E-state index in [9.17, 15) is 15.4 Å². The van der Waals surface area contributed by atoms with Crippen LogP contribution in [0.15, 0.2) is 54.0 Å². The molecule has 0 amide bonds. The lowest BCUT2D eigenvalue weighted by molar-refractivity contribution is -0.384. The molecule has 3 aromatic rings. The van der Waals surface area contributed by atoms with Gasteiger partial charge in [0.25, 0.3) is 5.69 Å². The highest BCUT2D eigenvalue weighted by molar-refractivity contribution is 7.11. The van der Waals surface area contributed by atoms with Crippen molar-refractivity contribution in [1.82, 2.24) is 4.98 Å². The topological polar surface area (TPSA) is 91.8 Å². The van der Waals surface area contributed by atoms with E-state index >= 15 is 0 Å². The van der Waals surface area contributed by atoms with Crippen molar-refractivity contribution in [2.75, 3.05) is 5.32 Å². The number of hydrogen-bond donors (Lipinski definition) is 1. The number of thiazole rings is 1. The molecule has 0 bridgehead atoms. The maximum Gasteiger partial charge on any atom is 0.270 e. The van der Waals surface area contributed by atoms with Gasteiger partial charge in [-0.1, -0.05) is 29.8 Å². The van der Waals surface area contributed by atoms with Gasteiger partial charge >= 0.3 is 0 Å². The molecule has 0 aliphatic carbocycles. The van der Waals surface area contributed by atoms with E-state index < -0.39 is 4.92 Å². The number of nitro benzene ring substituents is 1. The third-order valence-electron chi connectivity index (χ3n) is 3.96. The first-order chi connectivity index (χ1) is 13.0. The predicted molar refractivity (Wildman–Crippen MR) is 107 cm³/mol. The van der Waals surface area contributed by atoms with Crippen LogP contribution in [0.3, 0.4) is 0 Å². The zero-order valence-corrected chi connectivity index (χ0v) is 15.6. The molecular formula is C20H16N4O2S. The molecule has 1 N–H and O–H groups in total. The normalized spacial score (nSPS) is 11.1. The molecule has 1 heterocycles. The Morgan fingerprint density at radius 1 is 1.30 bits per heavy atom. The number of anilines is 1. The van der Waals surface area contributed by atoms with Crippen LogP contribution in [0.5, 0.6) is 0 Å². The fourth-order valence-corrected chi connectivity index (χ4v) is 3.37. The molecule has 0 unspecified atom stereocenters. The Balaban J connectivity index is 1.86. The average molecular weight is 376 g/mol. The van der Waals surface area contributed by atoms with Crippen LogP contribution in [-0.2, 0) is 0 Å². The fraction of sp³-hybridized carbons (Fsp3) is 0.100. The maximum absolute atomic E-state index is 10.9. The van der Waals surface area contributed by atoms with Gasteiger partial charge in [0, 0.05) is 35.0 Å². The molecule has 27 heavy (non-hydrogen) atoms. The van der Waals surface area contributed by atoms with Crippen molar-refractivity contribution in [2.45, 2.75) is 13.8 Å². The number of benzene rings is 2. The summed E-state index contributed by atoms with van der Waals surface area (Å²) in [5.41, 5.74) is 4.83. The number of hydrogen-bond acceptors (Lipinski definition) is 6. The second-order valence-corrected chi connectivity index (χ2v) is 6.84. The molecule has 0 aliphatic rings. The van der Waals surface area contributed by atoms with Crippen LogP contribution in [0.25, 0.3) is 16.8 Å². The molecule has 0 radical (unpaired) electrons. The van der Waals surface area contributed by atoms with Crippen molar-refractivity contribution in [3.05, 3.63) is 80.3 Å². The van der Waals surface area contributed by atoms with Gasteiger partial charge in [0.2, 0.25) is 0 Å². The van der Waals surface area contributed by atoms with E-state index in [0.717, 1.165) is 11.3 Å². The minimum Gasteiger partial charge on any atom is -0.360 e. The number of nitrogens with one attached hydrogen (secondary N) is 1. The van der Waals surface area contributed by atoms with Crippen LogP contribution in [0.1, 0.15) is 16.1 Å². The molecule has 0 fully saturated rings. The van der Waals surface area contributed by atoms with Crippen LogP contribution in [0, 0.1) is 35.3 Å². The molecule has 0 aliphatic heterocycles. The summed E-state index contributed by atoms with van der Waals surface area (Å²) >= 11 is 1.32. The van der Waals surface area contributed by atoms with Crippen LogP contribution in [-0.4, -0.2) is 9.91 Å². The first kappa shape index (κ1) is 18.3. The number of nitro groups is 1. The number of nitrogens with zero attached hydrogens (tertiary/aromatic N) is 3. The van der Waals surface area contributed by atoms with Gasteiger partial charge in [0.15, 0.2) is 0 Å². The molecule has 0 saturated carbocycles. The quantitative estimate of drug-likeness (QED) is 0.370. The molecule has 0 atom stereocenters. The minimum atomic E-state index is -0.439. The van der Waals surface area contributed by atoms with Gasteiger partial charge in [-0.3, -0.25) is 10.1 Å². The van der Waals surface area contributed by atoms with Crippen LogP contribution >= 0.6 is 11.3 Å². The lowest BCUT2D eigenvalue weighted by Crippen LogP contribution is -1.94.